The first-order valence-electron chi connectivity index (χ1n) is 7.64. The van der Waals surface area contributed by atoms with Crippen LogP contribution >= 0.6 is 0 Å². The summed E-state index contributed by atoms with van der Waals surface area (Å²) in [6.45, 7) is 4.19. The van der Waals surface area contributed by atoms with E-state index < -0.39 is 5.76 Å². The molecular formula is C18H18N2O4. The van der Waals surface area contributed by atoms with Crippen molar-refractivity contribution in [1.82, 2.24) is 4.57 Å². The monoisotopic (exact) mass is 326 g/mol. The van der Waals surface area contributed by atoms with Crippen molar-refractivity contribution in [2.24, 2.45) is 7.05 Å². The van der Waals surface area contributed by atoms with E-state index in [1.165, 1.54) is 4.57 Å². The maximum Gasteiger partial charge on any atom is 0.419 e. The predicted octanol–water partition coefficient (Wildman–Crippen LogP) is 3.09. The highest BCUT2D eigenvalue weighted by atomic mass is 16.5. The first-order chi connectivity index (χ1) is 11.5. The minimum Gasteiger partial charge on any atom is -0.493 e. The van der Waals surface area contributed by atoms with Crippen molar-refractivity contribution in [1.29, 1.82) is 0 Å². The Morgan fingerprint density at radius 3 is 2.79 bits per heavy atom. The lowest BCUT2D eigenvalue weighted by atomic mass is 10.1. The number of anilines is 1. The van der Waals surface area contributed by atoms with Crippen LogP contribution in [0.25, 0.3) is 11.1 Å². The minimum absolute atomic E-state index is 0.269. The fourth-order valence-electron chi connectivity index (χ4n) is 2.53. The highest BCUT2D eigenvalue weighted by Crippen LogP contribution is 2.25. The standard InChI is InChI=1S/C18H18N2O4/c1-4-23-15-8-6-5-7-12(15)17(21)19-13-10-14-16(9-11(13)2)24-18(22)20(14)3/h5-10H,4H2,1-3H3,(H,19,21). The third-order valence-corrected chi connectivity index (χ3v) is 3.82. The molecule has 0 atom stereocenters. The molecule has 24 heavy (non-hydrogen) atoms. The average molecular weight is 326 g/mol. The summed E-state index contributed by atoms with van der Waals surface area (Å²) in [5.74, 6) is -0.170. The number of carbonyl (C=O) groups excluding carboxylic acids is 1. The lowest BCUT2D eigenvalue weighted by Crippen LogP contribution is -2.14. The molecule has 2 aromatic carbocycles. The van der Waals surface area contributed by atoms with Gasteiger partial charge < -0.3 is 14.5 Å². The summed E-state index contributed by atoms with van der Waals surface area (Å²) in [5, 5.41) is 2.88. The van der Waals surface area contributed by atoms with Gasteiger partial charge in [0.05, 0.1) is 17.7 Å². The number of rotatable bonds is 4. The van der Waals surface area contributed by atoms with Gasteiger partial charge in [-0.3, -0.25) is 9.36 Å². The summed E-state index contributed by atoms with van der Waals surface area (Å²) in [7, 11) is 1.62. The van der Waals surface area contributed by atoms with Crippen LogP contribution in [-0.4, -0.2) is 17.1 Å². The number of oxazole rings is 1. The second-order valence-electron chi connectivity index (χ2n) is 5.45. The van der Waals surface area contributed by atoms with E-state index in [9.17, 15) is 9.59 Å². The number of aryl methyl sites for hydroxylation is 2. The molecule has 1 heterocycles. The summed E-state index contributed by atoms with van der Waals surface area (Å²) >= 11 is 0. The Labute approximate surface area is 138 Å². The molecule has 0 saturated heterocycles. The molecule has 1 amide bonds. The largest absolute Gasteiger partial charge is 0.493 e. The van der Waals surface area contributed by atoms with Crippen LogP contribution in [0.2, 0.25) is 0 Å². The number of ether oxygens (including phenoxy) is 1. The summed E-state index contributed by atoms with van der Waals surface area (Å²) in [6, 6.07) is 10.5. The predicted molar refractivity (Wildman–Crippen MR) is 91.8 cm³/mol. The Balaban J connectivity index is 1.98. The van der Waals surface area contributed by atoms with Crippen molar-refractivity contribution in [3.63, 3.8) is 0 Å². The minimum atomic E-state index is -0.436. The van der Waals surface area contributed by atoms with Gasteiger partial charge in [-0.1, -0.05) is 12.1 Å². The Morgan fingerprint density at radius 2 is 2.04 bits per heavy atom. The molecule has 0 saturated carbocycles. The number of nitrogens with one attached hydrogen (secondary N) is 1. The summed E-state index contributed by atoms with van der Waals surface area (Å²) in [4.78, 5) is 24.2. The lowest BCUT2D eigenvalue weighted by molar-refractivity contribution is 0.102. The highest BCUT2D eigenvalue weighted by Gasteiger charge is 2.15. The van der Waals surface area contributed by atoms with Crippen molar-refractivity contribution in [2.75, 3.05) is 11.9 Å². The molecule has 6 nitrogen and oxygen atoms in total. The van der Waals surface area contributed by atoms with Crippen molar-refractivity contribution in [2.45, 2.75) is 13.8 Å². The molecular weight excluding hydrogens is 308 g/mol. The summed E-state index contributed by atoms with van der Waals surface area (Å²) in [5.41, 5.74) is 3.00. The van der Waals surface area contributed by atoms with Gasteiger partial charge >= 0.3 is 5.76 Å². The average Bonchev–Trinajstić information content (AvgIpc) is 2.83. The van der Waals surface area contributed by atoms with Crippen LogP contribution in [0.4, 0.5) is 5.69 Å². The van der Waals surface area contributed by atoms with E-state index in [1.807, 2.05) is 19.9 Å². The van der Waals surface area contributed by atoms with Crippen LogP contribution < -0.4 is 15.8 Å². The Morgan fingerprint density at radius 1 is 1.29 bits per heavy atom. The Bertz CT molecular complexity index is 969. The molecule has 1 N–H and O–H groups in total. The number of fused-ring (bicyclic) bond motifs is 1. The van der Waals surface area contributed by atoms with Crippen LogP contribution in [-0.2, 0) is 7.05 Å². The van der Waals surface area contributed by atoms with E-state index in [1.54, 1.807) is 37.4 Å². The molecule has 3 aromatic rings. The smallest absolute Gasteiger partial charge is 0.419 e. The van der Waals surface area contributed by atoms with Gasteiger partial charge in [0, 0.05) is 12.7 Å². The molecule has 0 aliphatic rings. The molecule has 1 aromatic heterocycles. The molecule has 0 aliphatic heterocycles. The number of para-hydroxylation sites is 1. The molecule has 0 bridgehead atoms. The van der Waals surface area contributed by atoms with Crippen molar-refractivity contribution >= 4 is 22.7 Å². The molecule has 0 spiro atoms. The molecule has 0 unspecified atom stereocenters. The SMILES string of the molecule is CCOc1ccccc1C(=O)Nc1cc2c(cc1C)oc(=O)n2C. The third-order valence-electron chi connectivity index (χ3n) is 3.82. The zero-order valence-corrected chi connectivity index (χ0v) is 13.8. The number of nitrogens with zero attached hydrogens (tertiary/aromatic N) is 1. The number of amides is 1. The molecule has 0 aliphatic carbocycles. The number of hydrogen-bond acceptors (Lipinski definition) is 4. The highest BCUT2D eigenvalue weighted by molar-refractivity contribution is 6.07. The van der Waals surface area contributed by atoms with E-state index in [2.05, 4.69) is 5.32 Å². The van der Waals surface area contributed by atoms with Gasteiger partial charge in [0.2, 0.25) is 0 Å². The first-order valence-corrected chi connectivity index (χ1v) is 7.64. The molecule has 0 radical (unpaired) electrons. The van der Waals surface area contributed by atoms with Crippen LogP contribution in [0.1, 0.15) is 22.8 Å². The van der Waals surface area contributed by atoms with E-state index in [-0.39, 0.29) is 5.91 Å². The van der Waals surface area contributed by atoms with Crippen LogP contribution in [0.3, 0.4) is 0 Å². The van der Waals surface area contributed by atoms with Gasteiger partial charge in [-0.15, -0.1) is 0 Å². The number of benzene rings is 2. The van der Waals surface area contributed by atoms with E-state index >= 15 is 0 Å². The van der Waals surface area contributed by atoms with Gasteiger partial charge in [-0.2, -0.15) is 0 Å². The molecule has 6 heteroatoms. The third kappa shape index (κ3) is 2.78. The molecule has 124 valence electrons. The summed E-state index contributed by atoms with van der Waals surface area (Å²) < 4.78 is 12.0. The first kappa shape index (κ1) is 15.9. The number of carbonyl (C=O) groups is 1. The van der Waals surface area contributed by atoms with Gasteiger partial charge in [-0.05, 0) is 43.7 Å². The van der Waals surface area contributed by atoms with Crippen molar-refractivity contribution in [3.05, 3.63) is 58.1 Å². The fraction of sp³-hybridized carbons (Fsp3) is 0.222. The lowest BCUT2D eigenvalue weighted by Gasteiger charge is -2.12. The van der Waals surface area contributed by atoms with Crippen LogP contribution in [0.15, 0.2) is 45.6 Å². The van der Waals surface area contributed by atoms with Crippen molar-refractivity contribution in [3.8, 4) is 5.75 Å². The fourth-order valence-corrected chi connectivity index (χ4v) is 2.53. The zero-order chi connectivity index (χ0) is 17.3. The van der Waals surface area contributed by atoms with Gasteiger partial charge in [0.15, 0.2) is 5.58 Å². The Hall–Kier alpha value is -3.02. The quantitative estimate of drug-likeness (QED) is 0.799. The zero-order valence-electron chi connectivity index (χ0n) is 13.8. The molecule has 3 rings (SSSR count). The normalized spacial score (nSPS) is 10.8. The maximum absolute atomic E-state index is 12.6. The van der Waals surface area contributed by atoms with E-state index in [0.717, 1.165) is 5.56 Å². The van der Waals surface area contributed by atoms with Gasteiger partial charge in [0.1, 0.15) is 5.75 Å². The van der Waals surface area contributed by atoms with Crippen LogP contribution in [0.5, 0.6) is 5.75 Å². The maximum atomic E-state index is 12.6. The Kier molecular flexibility index (Phi) is 4.12. The van der Waals surface area contributed by atoms with E-state index in [4.69, 9.17) is 9.15 Å². The number of aromatic nitrogens is 1. The topological polar surface area (TPSA) is 73.5 Å². The molecule has 0 fully saturated rings. The van der Waals surface area contributed by atoms with Gasteiger partial charge in [-0.25, -0.2) is 4.79 Å². The van der Waals surface area contributed by atoms with Gasteiger partial charge in [0.25, 0.3) is 5.91 Å². The summed E-state index contributed by atoms with van der Waals surface area (Å²) in [6.07, 6.45) is 0. The van der Waals surface area contributed by atoms with E-state index in [0.29, 0.717) is 34.7 Å². The van der Waals surface area contributed by atoms with Crippen LogP contribution in [0, 0.1) is 6.92 Å². The van der Waals surface area contributed by atoms with Crippen molar-refractivity contribution < 1.29 is 13.9 Å². The second kappa shape index (κ2) is 6.23. The number of hydrogen-bond donors (Lipinski definition) is 1. The second-order valence-corrected chi connectivity index (χ2v) is 5.45.